The lowest BCUT2D eigenvalue weighted by Gasteiger charge is -2.22. The van der Waals surface area contributed by atoms with Crippen molar-refractivity contribution in [1.29, 1.82) is 0 Å². The van der Waals surface area contributed by atoms with Crippen molar-refractivity contribution in [3.63, 3.8) is 0 Å². The largest absolute Gasteiger partial charge is 0.497 e. The van der Waals surface area contributed by atoms with E-state index in [4.69, 9.17) is 9.47 Å². The zero-order valence-corrected chi connectivity index (χ0v) is 12.2. The Hall–Kier alpha value is -2.04. The van der Waals surface area contributed by atoms with Crippen LogP contribution in [-0.2, 0) is 20.7 Å². The number of hydrogen-bond donors (Lipinski definition) is 1. The smallest absolute Gasteiger partial charge is 0.321 e. The van der Waals surface area contributed by atoms with Gasteiger partial charge in [0.05, 0.1) is 7.11 Å². The van der Waals surface area contributed by atoms with Crippen molar-refractivity contribution in [2.24, 2.45) is 5.92 Å². The zero-order chi connectivity index (χ0) is 15.3. The maximum Gasteiger partial charge on any atom is 0.321 e. The lowest BCUT2D eigenvalue weighted by molar-refractivity contribution is -0.166. The molecular formula is C15H20O5. The number of methoxy groups -OCH3 is 1. The van der Waals surface area contributed by atoms with E-state index < -0.39 is 23.5 Å². The van der Waals surface area contributed by atoms with E-state index in [2.05, 4.69) is 0 Å². The standard InChI is InChI=1S/C15H20O5/c1-15(2,3)20-14(18)12(13(16)17)9-10-5-7-11(19-4)8-6-10/h5-8,12H,9H2,1-4H3,(H,16,17)/t12-/m1/s1. The monoisotopic (exact) mass is 280 g/mol. The highest BCUT2D eigenvalue weighted by molar-refractivity contribution is 5.94. The summed E-state index contributed by atoms with van der Waals surface area (Å²) in [4.78, 5) is 23.1. The first kappa shape index (κ1) is 16.0. The van der Waals surface area contributed by atoms with E-state index in [0.717, 1.165) is 5.56 Å². The third-order valence-corrected chi connectivity index (χ3v) is 2.59. The molecule has 110 valence electrons. The molecule has 0 aliphatic rings. The number of hydrogen-bond acceptors (Lipinski definition) is 4. The van der Waals surface area contributed by atoms with Crippen molar-refractivity contribution >= 4 is 11.9 Å². The fourth-order valence-electron chi connectivity index (χ4n) is 1.64. The molecule has 0 amide bonds. The van der Waals surface area contributed by atoms with E-state index in [1.807, 2.05) is 0 Å². The summed E-state index contributed by atoms with van der Waals surface area (Å²) < 4.78 is 10.2. The van der Waals surface area contributed by atoms with E-state index in [9.17, 15) is 14.7 Å². The Kier molecular flexibility index (Phi) is 5.13. The highest BCUT2D eigenvalue weighted by atomic mass is 16.6. The first-order valence-corrected chi connectivity index (χ1v) is 6.31. The Labute approximate surface area is 118 Å². The van der Waals surface area contributed by atoms with Crippen LogP contribution in [0.2, 0.25) is 0 Å². The number of ether oxygens (including phenoxy) is 2. The van der Waals surface area contributed by atoms with Crippen molar-refractivity contribution in [3.05, 3.63) is 29.8 Å². The van der Waals surface area contributed by atoms with Gasteiger partial charge in [-0.05, 0) is 44.9 Å². The molecule has 1 rings (SSSR count). The molecular weight excluding hydrogens is 260 g/mol. The molecule has 0 fully saturated rings. The Bertz CT molecular complexity index is 470. The Morgan fingerprint density at radius 2 is 1.75 bits per heavy atom. The van der Waals surface area contributed by atoms with Gasteiger partial charge >= 0.3 is 11.9 Å². The van der Waals surface area contributed by atoms with Crippen LogP contribution in [0.25, 0.3) is 0 Å². The van der Waals surface area contributed by atoms with Crippen LogP contribution in [0.4, 0.5) is 0 Å². The molecule has 1 aromatic rings. The number of rotatable bonds is 5. The molecule has 0 aromatic heterocycles. The number of carboxylic acid groups (broad SMARTS) is 1. The molecule has 0 aliphatic carbocycles. The van der Waals surface area contributed by atoms with Gasteiger partial charge in [0, 0.05) is 0 Å². The van der Waals surface area contributed by atoms with Gasteiger partial charge in [0.25, 0.3) is 0 Å². The highest BCUT2D eigenvalue weighted by Crippen LogP contribution is 2.18. The van der Waals surface area contributed by atoms with Gasteiger partial charge in [0.2, 0.25) is 0 Å². The van der Waals surface area contributed by atoms with Gasteiger partial charge in [-0.3, -0.25) is 9.59 Å². The van der Waals surface area contributed by atoms with Crippen LogP contribution >= 0.6 is 0 Å². The van der Waals surface area contributed by atoms with Gasteiger partial charge in [0.1, 0.15) is 11.4 Å². The number of benzene rings is 1. The SMILES string of the molecule is COc1ccc(C[C@H](C(=O)O)C(=O)OC(C)(C)C)cc1. The summed E-state index contributed by atoms with van der Waals surface area (Å²) in [6.45, 7) is 5.12. The number of aliphatic carboxylic acids is 1. The zero-order valence-electron chi connectivity index (χ0n) is 12.2. The second-order valence-electron chi connectivity index (χ2n) is 5.48. The van der Waals surface area contributed by atoms with Crippen LogP contribution in [-0.4, -0.2) is 29.8 Å². The first-order chi connectivity index (χ1) is 9.23. The molecule has 0 saturated heterocycles. The minimum Gasteiger partial charge on any atom is -0.497 e. The Balaban J connectivity index is 2.81. The predicted molar refractivity (Wildman–Crippen MR) is 73.7 cm³/mol. The molecule has 0 aliphatic heterocycles. The second-order valence-corrected chi connectivity index (χ2v) is 5.48. The van der Waals surface area contributed by atoms with Crippen molar-refractivity contribution in [1.82, 2.24) is 0 Å². The van der Waals surface area contributed by atoms with Crippen molar-refractivity contribution in [2.45, 2.75) is 32.8 Å². The Morgan fingerprint density at radius 1 is 1.20 bits per heavy atom. The molecule has 20 heavy (non-hydrogen) atoms. The normalized spacial score (nSPS) is 12.6. The van der Waals surface area contributed by atoms with Crippen LogP contribution < -0.4 is 4.74 Å². The summed E-state index contributed by atoms with van der Waals surface area (Å²) >= 11 is 0. The average Bonchev–Trinajstić information content (AvgIpc) is 2.34. The number of carbonyl (C=O) groups is 2. The summed E-state index contributed by atoms with van der Waals surface area (Å²) in [5.41, 5.74) is 0.0362. The first-order valence-electron chi connectivity index (χ1n) is 6.31. The van der Waals surface area contributed by atoms with Gasteiger partial charge in [-0.25, -0.2) is 0 Å². The summed E-state index contributed by atoms with van der Waals surface area (Å²) in [6.07, 6.45) is 0.0915. The van der Waals surface area contributed by atoms with Gasteiger partial charge in [-0.1, -0.05) is 12.1 Å². The molecule has 0 heterocycles. The minimum absolute atomic E-state index is 0.0915. The van der Waals surface area contributed by atoms with Crippen molar-refractivity contribution in [3.8, 4) is 5.75 Å². The van der Waals surface area contributed by atoms with Crippen LogP contribution in [0.3, 0.4) is 0 Å². The van der Waals surface area contributed by atoms with Gasteiger partial charge < -0.3 is 14.6 Å². The quantitative estimate of drug-likeness (QED) is 0.661. The highest BCUT2D eigenvalue weighted by Gasteiger charge is 2.31. The van der Waals surface area contributed by atoms with Crippen LogP contribution in [0.5, 0.6) is 5.75 Å². The molecule has 0 unspecified atom stereocenters. The average molecular weight is 280 g/mol. The number of carboxylic acids is 1. The van der Waals surface area contributed by atoms with Gasteiger partial charge in [-0.2, -0.15) is 0 Å². The van der Waals surface area contributed by atoms with E-state index in [0.29, 0.717) is 5.75 Å². The number of esters is 1. The van der Waals surface area contributed by atoms with E-state index >= 15 is 0 Å². The number of carbonyl (C=O) groups excluding carboxylic acids is 1. The maximum atomic E-state index is 11.9. The molecule has 0 radical (unpaired) electrons. The molecule has 1 aromatic carbocycles. The topological polar surface area (TPSA) is 72.8 Å². The minimum atomic E-state index is -1.21. The lowest BCUT2D eigenvalue weighted by atomic mass is 9.99. The maximum absolute atomic E-state index is 11.9. The molecule has 0 spiro atoms. The van der Waals surface area contributed by atoms with Crippen LogP contribution in [0.15, 0.2) is 24.3 Å². The molecule has 5 nitrogen and oxygen atoms in total. The summed E-state index contributed by atoms with van der Waals surface area (Å²) in [7, 11) is 1.55. The van der Waals surface area contributed by atoms with Crippen molar-refractivity contribution in [2.75, 3.05) is 7.11 Å². The Morgan fingerprint density at radius 3 is 2.15 bits per heavy atom. The second kappa shape index (κ2) is 6.41. The van der Waals surface area contributed by atoms with Gasteiger partial charge in [0.15, 0.2) is 5.92 Å². The molecule has 0 bridgehead atoms. The van der Waals surface area contributed by atoms with E-state index in [1.165, 1.54) is 0 Å². The molecule has 1 atom stereocenters. The molecule has 5 heteroatoms. The molecule has 1 N–H and O–H groups in total. The fraction of sp³-hybridized carbons (Fsp3) is 0.467. The van der Waals surface area contributed by atoms with Crippen molar-refractivity contribution < 1.29 is 24.2 Å². The summed E-state index contributed by atoms with van der Waals surface area (Å²) in [5, 5.41) is 9.18. The van der Waals surface area contributed by atoms with Crippen LogP contribution in [0, 0.1) is 5.92 Å². The lowest BCUT2D eigenvalue weighted by Crippen LogP contribution is -2.33. The molecule has 0 saturated carbocycles. The van der Waals surface area contributed by atoms with Crippen LogP contribution in [0.1, 0.15) is 26.3 Å². The predicted octanol–water partition coefficient (Wildman–Crippen LogP) is 2.28. The van der Waals surface area contributed by atoms with E-state index in [1.54, 1.807) is 52.1 Å². The summed E-state index contributed by atoms with van der Waals surface area (Å²) in [6, 6.07) is 6.92. The third kappa shape index (κ3) is 4.91. The van der Waals surface area contributed by atoms with Gasteiger partial charge in [-0.15, -0.1) is 0 Å². The van der Waals surface area contributed by atoms with E-state index in [-0.39, 0.29) is 6.42 Å². The third-order valence-electron chi connectivity index (χ3n) is 2.59. The summed E-state index contributed by atoms with van der Waals surface area (Å²) in [5.74, 6) is -2.43. The fourth-order valence-corrected chi connectivity index (χ4v) is 1.64.